The van der Waals surface area contributed by atoms with Crippen molar-refractivity contribution in [3.63, 3.8) is 0 Å². The third-order valence-electron chi connectivity index (χ3n) is 10.3. The Hall–Kier alpha value is -1.90. The van der Waals surface area contributed by atoms with E-state index in [1.165, 1.54) is 17.0 Å². The molecule has 0 radical (unpaired) electrons. The van der Waals surface area contributed by atoms with Gasteiger partial charge in [0.15, 0.2) is 0 Å². The number of aliphatic hydroxyl groups is 1. The number of hydrogen-bond donors (Lipinski definition) is 3. The number of rotatable bonds is 16. The van der Waals surface area contributed by atoms with Gasteiger partial charge in [-0.3, -0.25) is 14.4 Å². The lowest BCUT2D eigenvalue weighted by molar-refractivity contribution is -0.143. The maximum atomic E-state index is 14.4. The highest BCUT2D eigenvalue weighted by Crippen LogP contribution is 2.37. The first-order chi connectivity index (χ1) is 22.6. The molecule has 3 N–H and O–H groups in total. The molecule has 3 amide bonds. The summed E-state index contributed by atoms with van der Waals surface area (Å²) in [6, 6.07) is -0.933. The maximum Gasteiger partial charge on any atom is 0.227 e. The molecule has 0 heterocycles. The lowest BCUT2D eigenvalue weighted by Gasteiger charge is -2.38. The smallest absolute Gasteiger partial charge is 0.227 e. The molecule has 3 aliphatic rings. The van der Waals surface area contributed by atoms with Crippen LogP contribution >= 0.6 is 0 Å². The average molecular weight is 706 g/mol. The number of amides is 3. The number of nitrogens with zero attached hydrogens (tertiary/aromatic N) is 3. The van der Waals surface area contributed by atoms with E-state index in [0.717, 1.165) is 32.1 Å². The van der Waals surface area contributed by atoms with Gasteiger partial charge in [-0.25, -0.2) is 22.2 Å². The van der Waals surface area contributed by atoms with Crippen LogP contribution in [0.3, 0.4) is 0 Å². The van der Waals surface area contributed by atoms with E-state index in [2.05, 4.69) is 10.1 Å². The molecule has 0 aliphatic heterocycles. The summed E-state index contributed by atoms with van der Waals surface area (Å²) in [7, 11) is 1.12. The summed E-state index contributed by atoms with van der Waals surface area (Å²) in [5.74, 6) is -2.85. The lowest BCUT2D eigenvalue weighted by Crippen LogP contribution is -2.54. The number of likely N-dealkylation sites (N-methyl/N-ethyl adjacent to an activating group) is 1. The largest absolute Gasteiger partial charge is 0.390 e. The molecule has 7 unspecified atom stereocenters. The molecular formula is C34H61F2N5O6S. The van der Waals surface area contributed by atoms with Gasteiger partial charge in [0.05, 0.1) is 17.4 Å². The van der Waals surface area contributed by atoms with Crippen LogP contribution in [0.15, 0.2) is 0 Å². The quantitative estimate of drug-likeness (QED) is 0.209. The van der Waals surface area contributed by atoms with Crippen LogP contribution in [0.5, 0.6) is 0 Å². The highest BCUT2D eigenvalue weighted by atomic mass is 32.2. The second-order valence-corrected chi connectivity index (χ2v) is 16.8. The van der Waals surface area contributed by atoms with Crippen molar-refractivity contribution < 1.29 is 36.7 Å². The Balaban J connectivity index is 1.80. The van der Waals surface area contributed by atoms with Gasteiger partial charge in [0, 0.05) is 65.0 Å². The molecule has 278 valence electrons. The first kappa shape index (κ1) is 40.5. The van der Waals surface area contributed by atoms with E-state index in [9.17, 15) is 36.7 Å². The third-order valence-corrected chi connectivity index (χ3v) is 12.2. The van der Waals surface area contributed by atoms with Gasteiger partial charge in [-0.15, -0.1) is 4.83 Å². The first-order valence-corrected chi connectivity index (χ1v) is 19.7. The summed E-state index contributed by atoms with van der Waals surface area (Å²) >= 11 is 0. The van der Waals surface area contributed by atoms with Crippen molar-refractivity contribution >= 4 is 27.7 Å². The van der Waals surface area contributed by atoms with Gasteiger partial charge in [-0.1, -0.05) is 33.1 Å². The van der Waals surface area contributed by atoms with E-state index in [1.54, 1.807) is 14.1 Å². The van der Waals surface area contributed by atoms with Crippen molar-refractivity contribution in [2.24, 2.45) is 23.7 Å². The van der Waals surface area contributed by atoms with E-state index in [-0.39, 0.29) is 56.9 Å². The van der Waals surface area contributed by atoms with Crippen LogP contribution in [0, 0.1) is 23.7 Å². The summed E-state index contributed by atoms with van der Waals surface area (Å²) in [6.07, 6.45) is 2.43. The third kappa shape index (κ3) is 11.9. The Morgan fingerprint density at radius 2 is 1.35 bits per heavy atom. The molecule has 7 atom stereocenters. The number of sulfonamides is 1. The van der Waals surface area contributed by atoms with E-state index in [0.29, 0.717) is 32.4 Å². The molecule has 3 saturated carbocycles. The Kier molecular flexibility index (Phi) is 16.0. The van der Waals surface area contributed by atoms with Crippen LogP contribution in [0.1, 0.15) is 104 Å². The zero-order valence-electron chi connectivity index (χ0n) is 29.7. The van der Waals surface area contributed by atoms with E-state index < -0.39 is 69.3 Å². The summed E-state index contributed by atoms with van der Waals surface area (Å²) in [5, 5.41) is 15.2. The fourth-order valence-corrected chi connectivity index (χ4v) is 9.61. The monoisotopic (exact) mass is 705 g/mol. The average Bonchev–Trinajstić information content (AvgIpc) is 3.02. The Bertz CT molecular complexity index is 1140. The highest BCUT2D eigenvalue weighted by Gasteiger charge is 2.42. The number of hydrogen-bond acceptors (Lipinski definition) is 7. The van der Waals surface area contributed by atoms with Gasteiger partial charge in [0.25, 0.3) is 0 Å². The van der Waals surface area contributed by atoms with Crippen LogP contribution in [-0.2, 0) is 24.4 Å². The topological polar surface area (TPSA) is 139 Å². The Labute approximate surface area is 286 Å². The molecule has 0 aromatic carbocycles. The summed E-state index contributed by atoms with van der Waals surface area (Å²) < 4.78 is 54.8. The van der Waals surface area contributed by atoms with Crippen molar-refractivity contribution in [3.8, 4) is 0 Å². The van der Waals surface area contributed by atoms with Gasteiger partial charge >= 0.3 is 0 Å². The molecule has 3 rings (SSSR count). The molecular weight excluding hydrogens is 644 g/mol. The van der Waals surface area contributed by atoms with Crippen molar-refractivity contribution in [2.75, 3.05) is 40.8 Å². The minimum Gasteiger partial charge on any atom is -0.390 e. The molecule has 3 aliphatic carbocycles. The summed E-state index contributed by atoms with van der Waals surface area (Å²) in [6.45, 7) is 5.00. The van der Waals surface area contributed by atoms with Crippen LogP contribution in [-0.4, -0.2) is 117 Å². The van der Waals surface area contributed by atoms with Crippen LogP contribution in [0.2, 0.25) is 0 Å². The number of nitrogens with one attached hydrogen (secondary N) is 2. The second kappa shape index (κ2) is 18.9. The maximum absolute atomic E-state index is 14.4. The fraction of sp³-hybridized carbons (Fsp3) is 0.912. The SMILES string of the molecule is CCCN(CCC)C(=O)C1CC(C(=O)NC(CC2CC(F)CC(F)C2)C(O)CN(C)NS(=O)(=O)C2CCCCC2)CC(C(=O)N(C)C)C1. The van der Waals surface area contributed by atoms with Gasteiger partial charge < -0.3 is 20.2 Å². The van der Waals surface area contributed by atoms with Gasteiger partial charge in [-0.05, 0) is 70.1 Å². The van der Waals surface area contributed by atoms with Crippen molar-refractivity contribution in [2.45, 2.75) is 133 Å². The normalized spacial score (nSPS) is 28.4. The molecule has 0 bridgehead atoms. The van der Waals surface area contributed by atoms with E-state index in [1.807, 2.05) is 18.7 Å². The minimum absolute atomic E-state index is 0.0682. The van der Waals surface area contributed by atoms with Crippen molar-refractivity contribution in [1.29, 1.82) is 0 Å². The van der Waals surface area contributed by atoms with E-state index in [4.69, 9.17) is 0 Å². The zero-order valence-corrected chi connectivity index (χ0v) is 30.5. The molecule has 0 saturated heterocycles. The minimum atomic E-state index is -3.68. The van der Waals surface area contributed by atoms with Gasteiger partial charge in [-0.2, -0.15) is 0 Å². The first-order valence-electron chi connectivity index (χ1n) is 18.1. The number of carbonyl (C=O) groups excluding carboxylic acids is 3. The number of halogens is 2. The molecule has 0 spiro atoms. The molecule has 14 heteroatoms. The zero-order chi connectivity index (χ0) is 35.6. The second-order valence-electron chi connectivity index (χ2n) is 14.8. The van der Waals surface area contributed by atoms with Crippen molar-refractivity contribution in [1.82, 2.24) is 25.0 Å². The van der Waals surface area contributed by atoms with Crippen molar-refractivity contribution in [3.05, 3.63) is 0 Å². The lowest BCUT2D eigenvalue weighted by atomic mass is 9.73. The summed E-state index contributed by atoms with van der Waals surface area (Å²) in [5.41, 5.74) is 0. The predicted molar refractivity (Wildman–Crippen MR) is 181 cm³/mol. The molecule has 0 aromatic rings. The number of aliphatic hydroxyl groups excluding tert-OH is 1. The number of hydrazine groups is 1. The Morgan fingerprint density at radius 1 is 0.812 bits per heavy atom. The highest BCUT2D eigenvalue weighted by molar-refractivity contribution is 7.90. The Morgan fingerprint density at radius 3 is 1.90 bits per heavy atom. The van der Waals surface area contributed by atoms with Crippen LogP contribution < -0.4 is 10.1 Å². The fourth-order valence-electron chi connectivity index (χ4n) is 8.00. The number of carbonyl (C=O) groups is 3. The standard InChI is InChI=1S/C34H61F2N5O6S/c1-6-13-41(14-7-2)34(45)26-19-24(18-25(20-26)33(44)39(3)4)32(43)37-30(17-23-15-27(35)21-28(36)16-23)31(42)22-40(5)38-48(46,47)29-11-9-8-10-12-29/h23-31,38,42H,6-22H2,1-5H3,(H,37,43). The number of alkyl halides is 2. The van der Waals surface area contributed by atoms with Crippen LogP contribution in [0.25, 0.3) is 0 Å². The molecule has 0 aromatic heterocycles. The van der Waals surface area contributed by atoms with Crippen LogP contribution in [0.4, 0.5) is 8.78 Å². The molecule has 48 heavy (non-hydrogen) atoms. The molecule has 11 nitrogen and oxygen atoms in total. The van der Waals surface area contributed by atoms with Gasteiger partial charge in [0.2, 0.25) is 27.7 Å². The van der Waals surface area contributed by atoms with Gasteiger partial charge in [0.1, 0.15) is 12.3 Å². The summed E-state index contributed by atoms with van der Waals surface area (Å²) in [4.78, 5) is 46.7. The van der Waals surface area contributed by atoms with E-state index >= 15 is 0 Å². The predicted octanol–water partition coefficient (Wildman–Crippen LogP) is 3.57. The molecule has 3 fully saturated rings.